The minimum Gasteiger partial charge on any atom is -0.429 e. The molecule has 3 nitrogen and oxygen atoms in total. The highest BCUT2D eigenvalue weighted by atomic mass is 19.3. The van der Waals surface area contributed by atoms with E-state index in [1.54, 1.807) is 12.3 Å². The number of aromatic nitrogens is 1. The van der Waals surface area contributed by atoms with Crippen LogP contribution in [-0.2, 0) is 12.5 Å². The summed E-state index contributed by atoms with van der Waals surface area (Å²) in [7, 11) is 0. The monoisotopic (exact) mass is 485 g/mol. The Balaban J connectivity index is 1.73. The molecular weight excluding hydrogens is 467 g/mol. The van der Waals surface area contributed by atoms with Gasteiger partial charge in [-0.05, 0) is 42.3 Å². The lowest BCUT2D eigenvalue weighted by Gasteiger charge is -2.19. The van der Waals surface area contributed by atoms with Crippen LogP contribution in [0.1, 0.15) is 24.5 Å². The average Bonchev–Trinajstić information content (AvgIpc) is 2.75. The Morgan fingerprint density at radius 2 is 1.65 bits per heavy atom. The molecule has 34 heavy (non-hydrogen) atoms. The molecule has 0 atom stereocenters. The van der Waals surface area contributed by atoms with Crippen molar-refractivity contribution in [2.75, 3.05) is 0 Å². The van der Waals surface area contributed by atoms with E-state index in [0.717, 1.165) is 36.6 Å². The van der Waals surface area contributed by atoms with Gasteiger partial charge in [0.2, 0.25) is 0 Å². The van der Waals surface area contributed by atoms with Crippen molar-refractivity contribution in [2.24, 2.45) is 0 Å². The molecule has 0 fully saturated rings. The number of aryl methyl sites for hydroxylation is 1. The van der Waals surface area contributed by atoms with Gasteiger partial charge in [0, 0.05) is 17.8 Å². The van der Waals surface area contributed by atoms with E-state index in [-0.39, 0.29) is 0 Å². The lowest BCUT2D eigenvalue weighted by atomic mass is 10.1. The molecule has 0 radical (unpaired) electrons. The van der Waals surface area contributed by atoms with Gasteiger partial charge < -0.3 is 9.47 Å². The molecule has 0 aliphatic carbocycles. The van der Waals surface area contributed by atoms with Crippen molar-refractivity contribution in [1.29, 1.82) is 0 Å². The summed E-state index contributed by atoms with van der Waals surface area (Å²) in [4.78, 5) is 4.32. The number of rotatable bonds is 9. The largest absolute Gasteiger partial charge is 0.429 e. The van der Waals surface area contributed by atoms with Crippen molar-refractivity contribution >= 4 is 0 Å². The molecule has 0 saturated carbocycles. The molecule has 0 saturated heterocycles. The van der Waals surface area contributed by atoms with Crippen LogP contribution >= 0.6 is 0 Å². The van der Waals surface area contributed by atoms with Gasteiger partial charge in [-0.1, -0.05) is 31.5 Å². The summed E-state index contributed by atoms with van der Waals surface area (Å²) in [6.45, 7) is 2.04. The topological polar surface area (TPSA) is 31.4 Å². The van der Waals surface area contributed by atoms with Crippen molar-refractivity contribution in [3.8, 4) is 22.8 Å². The van der Waals surface area contributed by atoms with Crippen LogP contribution < -0.4 is 9.47 Å². The van der Waals surface area contributed by atoms with Crippen LogP contribution in [0.25, 0.3) is 11.3 Å². The van der Waals surface area contributed by atoms with Crippen molar-refractivity contribution in [3.63, 3.8) is 0 Å². The van der Waals surface area contributed by atoms with Crippen LogP contribution in [0.15, 0.2) is 73.0 Å². The Hall–Kier alpha value is -3.56. The third kappa shape index (κ3) is 6.49. The minimum absolute atomic E-state index is 0.380. The predicted octanol–water partition coefficient (Wildman–Crippen LogP) is 7.72. The molecular formula is C24H18F7NO2. The number of alkyl halides is 4. The Morgan fingerprint density at radius 1 is 0.941 bits per heavy atom. The van der Waals surface area contributed by atoms with Gasteiger partial charge in [0.05, 0.1) is 17.3 Å². The van der Waals surface area contributed by atoms with Crippen LogP contribution in [0.3, 0.4) is 0 Å². The Morgan fingerprint density at radius 3 is 2.21 bits per heavy atom. The van der Waals surface area contributed by atoms with E-state index in [1.807, 2.05) is 13.0 Å². The molecule has 0 unspecified atom stereocenters. The zero-order chi connectivity index (χ0) is 24.9. The normalized spacial score (nSPS) is 11.8. The molecule has 0 spiro atoms. The van der Waals surface area contributed by atoms with E-state index in [1.165, 1.54) is 12.1 Å². The van der Waals surface area contributed by atoms with Gasteiger partial charge in [-0.25, -0.2) is 4.39 Å². The Labute approximate surface area is 190 Å². The average molecular weight is 485 g/mol. The maximum Gasteiger partial charge on any atom is 0.426 e. The Kier molecular flexibility index (Phi) is 7.48. The molecule has 1 aromatic heterocycles. The number of benzene rings is 2. The number of hydrogen-bond donors (Lipinski definition) is 0. The van der Waals surface area contributed by atoms with Crippen LogP contribution in [0.4, 0.5) is 30.7 Å². The molecule has 0 aliphatic heterocycles. The van der Waals surface area contributed by atoms with Crippen molar-refractivity contribution < 1.29 is 40.2 Å². The first kappa shape index (κ1) is 25.1. The number of halogens is 7. The van der Waals surface area contributed by atoms with Crippen LogP contribution in [0, 0.1) is 5.82 Å². The summed E-state index contributed by atoms with van der Waals surface area (Å²) in [6, 6.07) is 10.4. The van der Waals surface area contributed by atoms with E-state index in [4.69, 9.17) is 0 Å². The van der Waals surface area contributed by atoms with Gasteiger partial charge in [0.15, 0.2) is 11.6 Å². The van der Waals surface area contributed by atoms with Gasteiger partial charge in [-0.3, -0.25) is 4.98 Å². The molecule has 2 aromatic carbocycles. The molecule has 3 rings (SSSR count). The number of pyridine rings is 1. The quantitative estimate of drug-likeness (QED) is 0.291. The summed E-state index contributed by atoms with van der Waals surface area (Å²) >= 11 is 0. The molecule has 1 heterocycles. The van der Waals surface area contributed by atoms with Crippen molar-refractivity contribution in [2.45, 2.75) is 32.0 Å². The predicted molar refractivity (Wildman–Crippen MR) is 110 cm³/mol. The lowest BCUT2D eigenvalue weighted by Crippen LogP contribution is -2.23. The smallest absolute Gasteiger partial charge is 0.426 e. The number of hydrogen-bond acceptors (Lipinski definition) is 3. The van der Waals surface area contributed by atoms with E-state index < -0.39 is 47.3 Å². The second kappa shape index (κ2) is 10.1. The molecule has 0 N–H and O–H groups in total. The highest BCUT2D eigenvalue weighted by molar-refractivity contribution is 5.59. The molecule has 0 amide bonds. The van der Waals surface area contributed by atoms with Crippen LogP contribution in [-0.4, -0.2) is 11.1 Å². The first-order valence-electron chi connectivity index (χ1n) is 10.0. The molecule has 10 heteroatoms. The van der Waals surface area contributed by atoms with Gasteiger partial charge in [0.25, 0.3) is 6.08 Å². The molecule has 180 valence electrons. The molecule has 3 aromatic rings. The fourth-order valence-corrected chi connectivity index (χ4v) is 3.00. The first-order chi connectivity index (χ1) is 16.0. The van der Waals surface area contributed by atoms with Crippen molar-refractivity contribution in [1.82, 2.24) is 4.98 Å². The Bertz CT molecular complexity index is 1140. The summed E-state index contributed by atoms with van der Waals surface area (Å²) < 4.78 is 102. The van der Waals surface area contributed by atoms with Gasteiger partial charge >= 0.3 is 12.2 Å². The maximum atomic E-state index is 14.6. The van der Waals surface area contributed by atoms with Gasteiger partial charge in [0.1, 0.15) is 5.75 Å². The summed E-state index contributed by atoms with van der Waals surface area (Å²) in [5, 5.41) is 0. The van der Waals surface area contributed by atoms with E-state index in [9.17, 15) is 30.7 Å². The highest BCUT2D eigenvalue weighted by Crippen LogP contribution is 2.35. The van der Waals surface area contributed by atoms with Gasteiger partial charge in [-0.2, -0.15) is 26.3 Å². The minimum atomic E-state index is -4.50. The van der Waals surface area contributed by atoms with E-state index >= 15 is 0 Å². The van der Waals surface area contributed by atoms with E-state index in [0.29, 0.717) is 23.4 Å². The van der Waals surface area contributed by atoms with Gasteiger partial charge in [-0.15, -0.1) is 0 Å². The second-order valence-electron chi connectivity index (χ2n) is 7.19. The number of ether oxygens (including phenoxy) is 2. The first-order valence-corrected chi connectivity index (χ1v) is 10.0. The molecule has 0 aliphatic rings. The fourth-order valence-electron chi connectivity index (χ4n) is 3.00. The lowest BCUT2D eigenvalue weighted by molar-refractivity contribution is -0.185. The standard InChI is InChI=1S/C24H18F7NO2/c1-2-3-15-4-10-20(32-14-15)16-5-7-17(8-6-16)24(30,31)33-18-9-11-21(19(25)12-18)34-23(28,29)13-22(26)27/h4-14H,2-3H2,1H3. The summed E-state index contributed by atoms with van der Waals surface area (Å²) in [5.74, 6) is -3.32. The van der Waals surface area contributed by atoms with E-state index in [2.05, 4.69) is 14.5 Å². The third-order valence-electron chi connectivity index (χ3n) is 4.55. The summed E-state index contributed by atoms with van der Waals surface area (Å²) in [5.41, 5.74) is 1.69. The summed E-state index contributed by atoms with van der Waals surface area (Å²) in [6.07, 6.45) is -8.39. The van der Waals surface area contributed by atoms with Crippen molar-refractivity contribution in [3.05, 3.63) is 89.9 Å². The zero-order valence-electron chi connectivity index (χ0n) is 17.7. The highest BCUT2D eigenvalue weighted by Gasteiger charge is 2.35. The maximum absolute atomic E-state index is 14.6. The third-order valence-corrected chi connectivity index (χ3v) is 4.55. The van der Waals surface area contributed by atoms with Crippen LogP contribution in [0.5, 0.6) is 11.5 Å². The van der Waals surface area contributed by atoms with Crippen LogP contribution in [0.2, 0.25) is 0 Å². The second-order valence-corrected chi connectivity index (χ2v) is 7.19. The number of nitrogens with zero attached hydrogens (tertiary/aromatic N) is 1. The zero-order valence-corrected chi connectivity index (χ0v) is 17.7. The SMILES string of the molecule is CCCc1ccc(-c2ccc(C(F)(F)Oc3ccc(OC(F)(F)C=C(F)F)c(F)c3)cc2)nc1. The fraction of sp³-hybridized carbons (Fsp3) is 0.208. The molecule has 0 bridgehead atoms.